The van der Waals surface area contributed by atoms with Crippen LogP contribution < -0.4 is 5.14 Å². The van der Waals surface area contributed by atoms with Crippen LogP contribution in [0.5, 0.6) is 0 Å². The lowest BCUT2D eigenvalue weighted by atomic mass is 9.96. The zero-order valence-corrected chi connectivity index (χ0v) is 10.1. The van der Waals surface area contributed by atoms with E-state index in [1.54, 1.807) is 0 Å². The van der Waals surface area contributed by atoms with Crippen molar-refractivity contribution < 1.29 is 13.2 Å². The molecule has 1 rings (SSSR count). The standard InChI is InChI=1S/C8H8ClNO3S2/c1-4(11)6-2-5(9)3-7(8(6)14)15(10,12)13/h2-3,6H,1H3,(H2,10,12,13). The van der Waals surface area contributed by atoms with E-state index >= 15 is 0 Å². The second-order valence-electron chi connectivity index (χ2n) is 3.06. The molecule has 1 aliphatic carbocycles. The lowest BCUT2D eigenvalue weighted by Crippen LogP contribution is -2.29. The SMILES string of the molecule is CC(=O)C1C=C(Cl)C=C(S(N)(=O)=O)C1=S. The Hall–Kier alpha value is -0.560. The molecule has 0 aromatic heterocycles. The Kier molecular flexibility index (Phi) is 3.44. The molecule has 0 aromatic carbocycles. The van der Waals surface area contributed by atoms with Crippen LogP contribution in [0.2, 0.25) is 0 Å². The minimum absolute atomic E-state index is 0.00519. The number of halogens is 1. The summed E-state index contributed by atoms with van der Waals surface area (Å²) in [6.45, 7) is 1.31. The molecule has 0 bridgehead atoms. The van der Waals surface area contributed by atoms with Crippen molar-refractivity contribution in [1.29, 1.82) is 0 Å². The van der Waals surface area contributed by atoms with E-state index in [0.29, 0.717) is 0 Å². The van der Waals surface area contributed by atoms with Gasteiger partial charge in [-0.1, -0.05) is 29.9 Å². The third kappa shape index (κ3) is 2.72. The maximum Gasteiger partial charge on any atom is 0.239 e. The Labute approximate surface area is 97.8 Å². The molecule has 0 aliphatic heterocycles. The van der Waals surface area contributed by atoms with Crippen LogP contribution >= 0.6 is 23.8 Å². The van der Waals surface area contributed by atoms with Gasteiger partial charge in [0.15, 0.2) is 0 Å². The summed E-state index contributed by atoms with van der Waals surface area (Å²) < 4.78 is 22.3. The molecule has 0 amide bonds. The van der Waals surface area contributed by atoms with Gasteiger partial charge in [0.2, 0.25) is 10.0 Å². The van der Waals surface area contributed by atoms with Crippen molar-refractivity contribution in [3.63, 3.8) is 0 Å². The highest BCUT2D eigenvalue weighted by Gasteiger charge is 2.29. The van der Waals surface area contributed by atoms with Gasteiger partial charge in [0.1, 0.15) is 5.78 Å². The van der Waals surface area contributed by atoms with Crippen LogP contribution in [0.25, 0.3) is 0 Å². The van der Waals surface area contributed by atoms with Crippen LogP contribution in [0, 0.1) is 5.92 Å². The van der Waals surface area contributed by atoms with Crippen LogP contribution in [0.1, 0.15) is 6.92 Å². The Bertz CT molecular complexity index is 490. The van der Waals surface area contributed by atoms with Crippen LogP contribution in [0.4, 0.5) is 0 Å². The molecule has 1 aliphatic rings. The number of allylic oxidation sites excluding steroid dienone is 4. The molecule has 0 saturated heterocycles. The molecule has 15 heavy (non-hydrogen) atoms. The van der Waals surface area contributed by atoms with Crippen LogP contribution in [0.3, 0.4) is 0 Å². The molecule has 4 nitrogen and oxygen atoms in total. The average Bonchev–Trinajstić information content (AvgIpc) is 2.06. The number of carbonyl (C=O) groups excluding carboxylic acids is 1. The summed E-state index contributed by atoms with van der Waals surface area (Å²) in [6, 6.07) is 0. The first-order chi connectivity index (χ1) is 6.73. The molecular weight excluding hydrogens is 258 g/mol. The van der Waals surface area contributed by atoms with Gasteiger partial charge in [0.05, 0.1) is 10.8 Å². The first-order valence-electron chi connectivity index (χ1n) is 3.90. The van der Waals surface area contributed by atoms with Gasteiger partial charge < -0.3 is 0 Å². The smallest absolute Gasteiger partial charge is 0.239 e. The van der Waals surface area contributed by atoms with E-state index in [2.05, 4.69) is 0 Å². The molecule has 0 heterocycles. The lowest BCUT2D eigenvalue weighted by molar-refractivity contribution is -0.117. The fourth-order valence-corrected chi connectivity index (χ4v) is 2.80. The molecular formula is C8H8ClNO3S2. The van der Waals surface area contributed by atoms with Gasteiger partial charge in [-0.2, -0.15) is 0 Å². The number of Topliss-reactive ketones (excluding diaryl/α,β-unsaturated/α-hetero) is 1. The number of hydrogen-bond acceptors (Lipinski definition) is 4. The maximum absolute atomic E-state index is 11.2. The highest BCUT2D eigenvalue weighted by molar-refractivity contribution is 7.96. The summed E-state index contributed by atoms with van der Waals surface area (Å²) in [5.41, 5.74) is 0. The number of nitrogens with two attached hydrogens (primary N) is 1. The largest absolute Gasteiger partial charge is 0.299 e. The number of ketones is 1. The number of primary sulfonamides is 1. The molecule has 1 atom stereocenters. The Balaban J connectivity index is 3.29. The number of sulfonamides is 1. The van der Waals surface area contributed by atoms with Crippen LogP contribution in [-0.2, 0) is 14.8 Å². The normalized spacial score (nSPS) is 22.1. The molecule has 0 saturated carbocycles. The van der Waals surface area contributed by atoms with Gasteiger partial charge in [-0.3, -0.25) is 4.79 Å². The first kappa shape index (κ1) is 12.5. The van der Waals surface area contributed by atoms with Gasteiger partial charge in [0.25, 0.3) is 0 Å². The predicted molar refractivity (Wildman–Crippen MR) is 61.9 cm³/mol. The van der Waals surface area contributed by atoms with Crippen molar-refractivity contribution in [3.8, 4) is 0 Å². The van der Waals surface area contributed by atoms with E-state index in [1.165, 1.54) is 13.0 Å². The van der Waals surface area contributed by atoms with Gasteiger partial charge >= 0.3 is 0 Å². The monoisotopic (exact) mass is 265 g/mol. The number of hydrogen-bond donors (Lipinski definition) is 1. The average molecular weight is 266 g/mol. The molecule has 0 fully saturated rings. The zero-order chi connectivity index (χ0) is 11.8. The molecule has 2 N–H and O–H groups in total. The maximum atomic E-state index is 11.2. The number of carbonyl (C=O) groups is 1. The third-order valence-electron chi connectivity index (χ3n) is 1.86. The highest BCUT2D eigenvalue weighted by atomic mass is 35.5. The van der Waals surface area contributed by atoms with Gasteiger partial charge in [-0.05, 0) is 13.0 Å². The summed E-state index contributed by atoms with van der Waals surface area (Å²) in [4.78, 5) is 10.9. The van der Waals surface area contributed by atoms with Gasteiger partial charge in [-0.25, -0.2) is 13.6 Å². The van der Waals surface area contributed by atoms with Crippen LogP contribution in [-0.4, -0.2) is 19.1 Å². The fourth-order valence-electron chi connectivity index (χ4n) is 1.16. The highest BCUT2D eigenvalue weighted by Crippen LogP contribution is 2.25. The minimum Gasteiger partial charge on any atom is -0.299 e. The summed E-state index contributed by atoms with van der Waals surface area (Å²) >= 11 is 10.5. The Morgan fingerprint density at radius 1 is 1.60 bits per heavy atom. The second-order valence-corrected chi connectivity index (χ2v) is 5.46. The van der Waals surface area contributed by atoms with Gasteiger partial charge in [-0.15, -0.1) is 0 Å². The Morgan fingerprint density at radius 2 is 2.13 bits per heavy atom. The summed E-state index contributed by atoms with van der Waals surface area (Å²) in [6.07, 6.45) is 2.56. The quantitative estimate of drug-likeness (QED) is 0.752. The van der Waals surface area contributed by atoms with E-state index in [1.807, 2.05) is 0 Å². The lowest BCUT2D eigenvalue weighted by Gasteiger charge is -2.17. The molecule has 0 aromatic rings. The van der Waals surface area contributed by atoms with Crippen molar-refractivity contribution in [3.05, 3.63) is 22.1 Å². The van der Waals surface area contributed by atoms with Crippen molar-refractivity contribution in [2.75, 3.05) is 0 Å². The van der Waals surface area contributed by atoms with Crippen molar-refractivity contribution >= 4 is 44.5 Å². The van der Waals surface area contributed by atoms with Crippen molar-refractivity contribution in [1.82, 2.24) is 0 Å². The van der Waals surface area contributed by atoms with E-state index in [9.17, 15) is 13.2 Å². The third-order valence-corrected chi connectivity index (χ3v) is 3.65. The van der Waals surface area contributed by atoms with Crippen LogP contribution in [0.15, 0.2) is 22.1 Å². The number of thiocarbonyl (C=S) groups is 1. The summed E-state index contributed by atoms with van der Waals surface area (Å²) in [5.74, 6) is -1.06. The van der Waals surface area contributed by atoms with E-state index < -0.39 is 15.9 Å². The molecule has 7 heteroatoms. The molecule has 1 unspecified atom stereocenters. The minimum atomic E-state index is -3.93. The molecule has 0 spiro atoms. The zero-order valence-electron chi connectivity index (χ0n) is 7.73. The summed E-state index contributed by atoms with van der Waals surface area (Å²) in [5, 5.41) is 5.09. The van der Waals surface area contributed by atoms with E-state index in [4.69, 9.17) is 29.0 Å². The first-order valence-corrected chi connectivity index (χ1v) is 6.23. The predicted octanol–water partition coefficient (Wildman–Crippen LogP) is 0.870. The molecule has 82 valence electrons. The Morgan fingerprint density at radius 3 is 2.53 bits per heavy atom. The van der Waals surface area contributed by atoms with E-state index in [-0.39, 0.29) is 20.6 Å². The van der Waals surface area contributed by atoms with E-state index in [0.717, 1.165) is 6.08 Å². The molecule has 0 radical (unpaired) electrons. The van der Waals surface area contributed by atoms with Gasteiger partial charge in [0, 0.05) is 9.90 Å². The topological polar surface area (TPSA) is 77.2 Å². The second kappa shape index (κ2) is 4.13. The summed E-state index contributed by atoms with van der Waals surface area (Å²) in [7, 11) is -3.93. The number of rotatable bonds is 2. The van der Waals surface area contributed by atoms with Crippen molar-refractivity contribution in [2.45, 2.75) is 6.92 Å². The van der Waals surface area contributed by atoms with Crippen molar-refractivity contribution in [2.24, 2.45) is 11.1 Å². The fraction of sp³-hybridized carbons (Fsp3) is 0.250.